The first kappa shape index (κ1) is 21.7. The normalized spacial score (nSPS) is 11.6. The van der Waals surface area contributed by atoms with Crippen LogP contribution < -0.4 is 0 Å². The maximum Gasteiger partial charge on any atom is 0.296 e. The van der Waals surface area contributed by atoms with E-state index in [1.165, 1.54) is 75.9 Å². The molecule has 0 aromatic rings. The third-order valence-electron chi connectivity index (χ3n) is 4.40. The molecule has 22 heavy (non-hydrogen) atoms. The maximum absolute atomic E-state index is 12.1. The van der Waals surface area contributed by atoms with Crippen molar-refractivity contribution in [2.24, 2.45) is 0 Å². The SMILES string of the molecule is CC[CH]C(=O)O[Si](CCCCC)(CCCCC)CCCCC. The van der Waals surface area contributed by atoms with E-state index in [4.69, 9.17) is 4.43 Å². The third kappa shape index (κ3) is 10.4. The fourth-order valence-electron chi connectivity index (χ4n) is 3.04. The number of rotatable bonds is 15. The molecule has 0 amide bonds. The Balaban J connectivity index is 4.79. The van der Waals surface area contributed by atoms with Crippen LogP contribution in [-0.2, 0) is 9.22 Å². The number of hydrogen-bond acceptors (Lipinski definition) is 2. The first-order chi connectivity index (χ1) is 10.6. The summed E-state index contributed by atoms with van der Waals surface area (Å²) in [5.74, 6) is -0.0429. The Morgan fingerprint density at radius 1 is 0.773 bits per heavy atom. The largest absolute Gasteiger partial charge is 0.519 e. The highest BCUT2D eigenvalue weighted by Gasteiger charge is 2.36. The van der Waals surface area contributed by atoms with Gasteiger partial charge in [-0.2, -0.15) is 0 Å². The van der Waals surface area contributed by atoms with E-state index in [1.807, 2.05) is 6.92 Å². The van der Waals surface area contributed by atoms with Crippen molar-refractivity contribution in [3.63, 3.8) is 0 Å². The molecule has 0 aromatic carbocycles. The summed E-state index contributed by atoms with van der Waals surface area (Å²) >= 11 is 0. The lowest BCUT2D eigenvalue weighted by Crippen LogP contribution is -2.40. The highest BCUT2D eigenvalue weighted by Crippen LogP contribution is 2.31. The van der Waals surface area contributed by atoms with Gasteiger partial charge in [0.1, 0.15) is 0 Å². The minimum absolute atomic E-state index is 0.0429. The molecule has 0 aliphatic heterocycles. The first-order valence-corrected chi connectivity index (χ1v) is 12.2. The number of hydrogen-bond donors (Lipinski definition) is 0. The second-order valence-electron chi connectivity index (χ2n) is 6.59. The topological polar surface area (TPSA) is 26.3 Å². The number of unbranched alkanes of at least 4 members (excludes halogenated alkanes) is 6. The van der Waals surface area contributed by atoms with Crippen LogP contribution in [0.15, 0.2) is 0 Å². The summed E-state index contributed by atoms with van der Waals surface area (Å²) in [6, 6.07) is 3.53. The molecule has 0 aliphatic rings. The fraction of sp³-hybridized carbons (Fsp3) is 0.895. The van der Waals surface area contributed by atoms with Crippen molar-refractivity contribution >= 4 is 14.3 Å². The summed E-state index contributed by atoms with van der Waals surface area (Å²) in [4.78, 5) is 12.1. The molecule has 1 radical (unpaired) electrons. The Morgan fingerprint density at radius 2 is 1.18 bits per heavy atom. The van der Waals surface area contributed by atoms with Crippen molar-refractivity contribution in [2.45, 2.75) is 110 Å². The smallest absolute Gasteiger partial charge is 0.296 e. The Kier molecular flexibility index (Phi) is 14.1. The zero-order valence-electron chi connectivity index (χ0n) is 15.6. The molecule has 2 nitrogen and oxygen atoms in total. The molecule has 0 spiro atoms. The molecule has 0 aliphatic carbocycles. The number of carbonyl (C=O) groups excluding carboxylic acids is 1. The van der Waals surface area contributed by atoms with E-state index in [1.54, 1.807) is 6.42 Å². The molecule has 0 saturated heterocycles. The summed E-state index contributed by atoms with van der Waals surface area (Å²) in [7, 11) is -1.89. The minimum atomic E-state index is -1.89. The summed E-state index contributed by atoms with van der Waals surface area (Å²) in [6.07, 6.45) is 13.7. The van der Waals surface area contributed by atoms with Crippen molar-refractivity contribution in [2.75, 3.05) is 0 Å². The molecular formula is C19H39O2Si. The molecular weight excluding hydrogens is 288 g/mol. The molecule has 0 heterocycles. The van der Waals surface area contributed by atoms with Crippen LogP contribution >= 0.6 is 0 Å². The Labute approximate surface area is 140 Å². The summed E-state index contributed by atoms with van der Waals surface area (Å²) in [6.45, 7) is 8.74. The molecule has 0 fully saturated rings. The Bertz CT molecular complexity index is 240. The van der Waals surface area contributed by atoms with Crippen LogP contribution in [0.5, 0.6) is 0 Å². The molecule has 0 unspecified atom stereocenters. The van der Waals surface area contributed by atoms with E-state index in [9.17, 15) is 4.79 Å². The minimum Gasteiger partial charge on any atom is -0.519 e. The van der Waals surface area contributed by atoms with Crippen LogP contribution in [-0.4, -0.2) is 14.3 Å². The van der Waals surface area contributed by atoms with Crippen molar-refractivity contribution in [3.8, 4) is 0 Å². The van der Waals surface area contributed by atoms with Gasteiger partial charge in [0, 0.05) is 0 Å². The van der Waals surface area contributed by atoms with Gasteiger partial charge in [-0.1, -0.05) is 85.5 Å². The second kappa shape index (κ2) is 14.3. The van der Waals surface area contributed by atoms with Crippen LogP contribution in [0.3, 0.4) is 0 Å². The zero-order valence-corrected chi connectivity index (χ0v) is 16.6. The lowest BCUT2D eigenvalue weighted by Gasteiger charge is -2.31. The molecule has 0 saturated carbocycles. The summed E-state index contributed by atoms with van der Waals surface area (Å²) in [5.41, 5.74) is 0. The van der Waals surface area contributed by atoms with Crippen molar-refractivity contribution in [1.82, 2.24) is 0 Å². The monoisotopic (exact) mass is 327 g/mol. The summed E-state index contributed by atoms with van der Waals surface area (Å²) in [5, 5.41) is 0. The first-order valence-electron chi connectivity index (χ1n) is 9.70. The van der Waals surface area contributed by atoms with Crippen molar-refractivity contribution < 1.29 is 9.22 Å². The maximum atomic E-state index is 12.1. The van der Waals surface area contributed by atoms with Crippen molar-refractivity contribution in [3.05, 3.63) is 6.42 Å². The molecule has 0 rings (SSSR count). The molecule has 0 bridgehead atoms. The molecule has 3 heteroatoms. The van der Waals surface area contributed by atoms with E-state index in [-0.39, 0.29) is 5.97 Å². The Morgan fingerprint density at radius 3 is 1.50 bits per heavy atom. The van der Waals surface area contributed by atoms with Gasteiger partial charge in [0.2, 0.25) is 0 Å². The van der Waals surface area contributed by atoms with Crippen LogP contribution in [0.25, 0.3) is 0 Å². The average molecular weight is 328 g/mol. The van der Waals surface area contributed by atoms with Gasteiger partial charge in [-0.25, -0.2) is 0 Å². The van der Waals surface area contributed by atoms with Gasteiger partial charge in [0.15, 0.2) is 0 Å². The van der Waals surface area contributed by atoms with Crippen LogP contribution in [0.2, 0.25) is 18.1 Å². The highest BCUT2D eigenvalue weighted by atomic mass is 28.4. The van der Waals surface area contributed by atoms with Gasteiger partial charge in [-0.15, -0.1) is 0 Å². The van der Waals surface area contributed by atoms with Gasteiger partial charge in [0.25, 0.3) is 14.3 Å². The van der Waals surface area contributed by atoms with Gasteiger partial charge >= 0.3 is 0 Å². The van der Waals surface area contributed by atoms with E-state index in [0.29, 0.717) is 0 Å². The van der Waals surface area contributed by atoms with Gasteiger partial charge in [-0.05, 0) is 24.6 Å². The van der Waals surface area contributed by atoms with E-state index < -0.39 is 8.32 Å². The lowest BCUT2D eigenvalue weighted by atomic mass is 10.3. The van der Waals surface area contributed by atoms with Crippen LogP contribution in [0.4, 0.5) is 0 Å². The summed E-state index contributed by atoms with van der Waals surface area (Å²) < 4.78 is 6.16. The van der Waals surface area contributed by atoms with Crippen LogP contribution in [0, 0.1) is 6.42 Å². The molecule has 0 aromatic heterocycles. The molecule has 131 valence electrons. The molecule has 0 N–H and O–H groups in total. The fourth-order valence-corrected chi connectivity index (χ4v) is 7.29. The standard InChI is InChI=1S/C19H39O2Si/c1-5-9-12-16-22(17-13-10-6-2,18-14-11-7-3)21-19(20)15-8-4/h15H,5-14,16-18H2,1-4H3. The Hall–Kier alpha value is -0.313. The van der Waals surface area contributed by atoms with Gasteiger partial charge in [-0.3, -0.25) is 4.79 Å². The predicted molar refractivity (Wildman–Crippen MR) is 99.4 cm³/mol. The van der Waals surface area contributed by atoms with Crippen LogP contribution in [0.1, 0.15) is 91.9 Å². The zero-order chi connectivity index (χ0) is 16.7. The predicted octanol–water partition coefficient (Wildman–Crippen LogP) is 6.66. The quantitative estimate of drug-likeness (QED) is 0.248. The third-order valence-corrected chi connectivity index (χ3v) is 8.82. The molecule has 0 atom stereocenters. The second-order valence-corrected chi connectivity index (χ2v) is 10.7. The van der Waals surface area contributed by atoms with Crippen molar-refractivity contribution in [1.29, 1.82) is 0 Å². The van der Waals surface area contributed by atoms with Gasteiger partial charge in [0.05, 0.1) is 6.42 Å². The van der Waals surface area contributed by atoms with E-state index >= 15 is 0 Å². The van der Waals surface area contributed by atoms with Gasteiger partial charge < -0.3 is 4.43 Å². The van der Waals surface area contributed by atoms with E-state index in [0.717, 1.165) is 6.42 Å². The van der Waals surface area contributed by atoms with E-state index in [2.05, 4.69) is 20.8 Å². The average Bonchev–Trinajstić information content (AvgIpc) is 2.48. The highest BCUT2D eigenvalue weighted by molar-refractivity contribution is 6.75. The lowest BCUT2D eigenvalue weighted by molar-refractivity contribution is -0.131. The number of carbonyl (C=O) groups is 1.